The number of halogens is 4. The molecule has 3 rings (SSSR count). The molecule has 1 heterocycles. The normalized spacial score (nSPS) is 19.6. The van der Waals surface area contributed by atoms with E-state index in [1.54, 1.807) is 0 Å². The second kappa shape index (κ2) is 8.92. The second-order valence-corrected chi connectivity index (χ2v) is 6.93. The van der Waals surface area contributed by atoms with Gasteiger partial charge in [-0.25, -0.2) is 17.6 Å². The van der Waals surface area contributed by atoms with E-state index in [4.69, 9.17) is 14.2 Å². The Bertz CT molecular complexity index is 786. The van der Waals surface area contributed by atoms with Crippen LogP contribution in [0.3, 0.4) is 0 Å². The first-order valence-corrected chi connectivity index (χ1v) is 9.25. The molecular formula is C21H22F4O3. The zero-order valence-electron chi connectivity index (χ0n) is 15.7. The Morgan fingerprint density at radius 1 is 0.929 bits per heavy atom. The van der Waals surface area contributed by atoms with Gasteiger partial charge in [-0.2, -0.15) is 0 Å². The lowest BCUT2D eigenvalue weighted by Gasteiger charge is -2.27. The molecule has 0 N–H and O–H groups in total. The Morgan fingerprint density at radius 2 is 1.50 bits per heavy atom. The number of hydrogen-bond donors (Lipinski definition) is 0. The largest absolute Gasteiger partial charge is 0.488 e. The van der Waals surface area contributed by atoms with E-state index in [-0.39, 0.29) is 23.7 Å². The van der Waals surface area contributed by atoms with Crippen LogP contribution in [0, 0.1) is 29.2 Å². The van der Waals surface area contributed by atoms with Gasteiger partial charge in [-0.1, -0.05) is 20.3 Å². The fourth-order valence-corrected chi connectivity index (χ4v) is 2.96. The van der Waals surface area contributed by atoms with Gasteiger partial charge >= 0.3 is 0 Å². The van der Waals surface area contributed by atoms with Gasteiger partial charge in [-0.15, -0.1) is 0 Å². The van der Waals surface area contributed by atoms with Crippen molar-refractivity contribution in [2.24, 2.45) is 5.92 Å². The number of rotatable bonds is 6. The molecule has 2 aromatic carbocycles. The lowest BCUT2D eigenvalue weighted by Crippen LogP contribution is -2.25. The van der Waals surface area contributed by atoms with E-state index in [2.05, 4.69) is 0 Å². The molecule has 3 nitrogen and oxygen atoms in total. The van der Waals surface area contributed by atoms with Gasteiger partial charge < -0.3 is 14.2 Å². The topological polar surface area (TPSA) is 27.7 Å². The van der Waals surface area contributed by atoms with E-state index < -0.39 is 40.9 Å². The molecule has 1 aliphatic rings. The van der Waals surface area contributed by atoms with E-state index >= 15 is 0 Å². The Hall–Kier alpha value is -2.12. The van der Waals surface area contributed by atoms with Crippen LogP contribution in [0.15, 0.2) is 24.3 Å². The maximum absolute atomic E-state index is 14.6. The lowest BCUT2D eigenvalue weighted by molar-refractivity contribution is -0.202. The van der Waals surface area contributed by atoms with Gasteiger partial charge in [0.15, 0.2) is 23.7 Å². The van der Waals surface area contributed by atoms with Gasteiger partial charge in [-0.05, 0) is 36.2 Å². The van der Waals surface area contributed by atoms with Crippen LogP contribution >= 0.6 is 0 Å². The molecule has 0 aromatic heterocycles. The van der Waals surface area contributed by atoms with Crippen molar-refractivity contribution < 1.29 is 31.8 Å². The van der Waals surface area contributed by atoms with Crippen LogP contribution in [-0.4, -0.2) is 19.8 Å². The number of unbranched alkanes of at least 4 members (excludes halogenated alkanes) is 1. The van der Waals surface area contributed by atoms with Crippen molar-refractivity contribution in [3.8, 4) is 16.9 Å². The van der Waals surface area contributed by atoms with E-state index in [1.165, 1.54) is 0 Å². The average Bonchev–Trinajstić information content (AvgIpc) is 2.64. The molecule has 0 amide bonds. The number of hydrogen-bond acceptors (Lipinski definition) is 3. The standard InChI is InChI=1S/C21H22F4O3/c1-3-4-5-26-20-17(24)6-13(7-18(20)25)19-15(22)8-14(9-16(19)23)21-27-10-12(2)11-28-21/h6-9,12,21H,3-5,10-11H2,1-2H3. The predicted molar refractivity (Wildman–Crippen MR) is 95.9 cm³/mol. The van der Waals surface area contributed by atoms with Gasteiger partial charge in [0.25, 0.3) is 0 Å². The second-order valence-electron chi connectivity index (χ2n) is 6.93. The summed E-state index contributed by atoms with van der Waals surface area (Å²) in [5.41, 5.74) is -0.601. The summed E-state index contributed by atoms with van der Waals surface area (Å²) in [4.78, 5) is 0. The highest BCUT2D eigenvalue weighted by molar-refractivity contribution is 5.66. The molecular weight excluding hydrogens is 376 g/mol. The van der Waals surface area contributed by atoms with Crippen molar-refractivity contribution in [2.45, 2.75) is 33.0 Å². The van der Waals surface area contributed by atoms with Crippen LogP contribution in [0.1, 0.15) is 38.5 Å². The smallest absolute Gasteiger partial charge is 0.190 e. The first-order valence-electron chi connectivity index (χ1n) is 9.25. The van der Waals surface area contributed by atoms with Crippen molar-refractivity contribution in [3.63, 3.8) is 0 Å². The quantitative estimate of drug-likeness (QED) is 0.457. The molecule has 28 heavy (non-hydrogen) atoms. The summed E-state index contributed by atoms with van der Waals surface area (Å²) in [5, 5.41) is 0. The highest BCUT2D eigenvalue weighted by Crippen LogP contribution is 2.35. The van der Waals surface area contributed by atoms with Crippen LogP contribution < -0.4 is 4.74 Å². The molecule has 0 unspecified atom stereocenters. The van der Waals surface area contributed by atoms with E-state index in [0.29, 0.717) is 19.6 Å². The van der Waals surface area contributed by atoms with Crippen LogP contribution in [0.4, 0.5) is 17.6 Å². The van der Waals surface area contributed by atoms with Gasteiger partial charge in [0.2, 0.25) is 0 Å². The molecule has 0 radical (unpaired) electrons. The molecule has 0 atom stereocenters. The molecule has 0 bridgehead atoms. The number of benzene rings is 2. The van der Waals surface area contributed by atoms with Crippen molar-refractivity contribution in [1.82, 2.24) is 0 Å². The molecule has 1 aliphatic heterocycles. The molecule has 0 saturated carbocycles. The summed E-state index contributed by atoms with van der Waals surface area (Å²) >= 11 is 0. The molecule has 0 spiro atoms. The summed E-state index contributed by atoms with van der Waals surface area (Å²) < 4.78 is 73.7. The van der Waals surface area contributed by atoms with Crippen LogP contribution in [0.5, 0.6) is 5.75 Å². The zero-order valence-corrected chi connectivity index (χ0v) is 15.7. The van der Waals surface area contributed by atoms with Crippen molar-refractivity contribution in [3.05, 3.63) is 53.1 Å². The SMILES string of the molecule is CCCCOc1c(F)cc(-c2c(F)cc(C3OCC(C)CO3)cc2F)cc1F. The van der Waals surface area contributed by atoms with Crippen molar-refractivity contribution in [1.29, 1.82) is 0 Å². The molecule has 7 heteroatoms. The Kier molecular flexibility index (Phi) is 6.57. The Balaban J connectivity index is 1.89. The van der Waals surface area contributed by atoms with Gasteiger partial charge in [-0.3, -0.25) is 0 Å². The van der Waals surface area contributed by atoms with Gasteiger partial charge in [0, 0.05) is 11.5 Å². The fraction of sp³-hybridized carbons (Fsp3) is 0.429. The van der Waals surface area contributed by atoms with E-state index in [0.717, 1.165) is 30.7 Å². The third-order valence-corrected chi connectivity index (χ3v) is 4.43. The summed E-state index contributed by atoms with van der Waals surface area (Å²) in [5.74, 6) is -4.30. The summed E-state index contributed by atoms with van der Waals surface area (Å²) in [7, 11) is 0. The summed E-state index contributed by atoms with van der Waals surface area (Å²) in [6.07, 6.45) is 0.560. The maximum atomic E-state index is 14.6. The summed E-state index contributed by atoms with van der Waals surface area (Å²) in [6, 6.07) is 3.84. The maximum Gasteiger partial charge on any atom is 0.190 e. The number of ether oxygens (including phenoxy) is 3. The lowest BCUT2D eigenvalue weighted by atomic mass is 10.0. The first kappa shape index (κ1) is 20.6. The van der Waals surface area contributed by atoms with Gasteiger partial charge in [0.1, 0.15) is 11.6 Å². The molecule has 1 saturated heterocycles. The van der Waals surface area contributed by atoms with Gasteiger partial charge in [0.05, 0.1) is 25.4 Å². The van der Waals surface area contributed by atoms with Crippen molar-refractivity contribution >= 4 is 0 Å². The minimum absolute atomic E-state index is 0.154. The predicted octanol–water partition coefficient (Wildman–Crippen LogP) is 5.77. The molecule has 1 fully saturated rings. The minimum Gasteiger partial charge on any atom is -0.488 e. The Morgan fingerprint density at radius 3 is 2.04 bits per heavy atom. The average molecular weight is 398 g/mol. The highest BCUT2D eigenvalue weighted by Gasteiger charge is 2.25. The fourth-order valence-electron chi connectivity index (χ4n) is 2.96. The van der Waals surface area contributed by atoms with Crippen molar-refractivity contribution in [2.75, 3.05) is 19.8 Å². The molecule has 152 valence electrons. The van der Waals surface area contributed by atoms with Crippen LogP contribution in [-0.2, 0) is 9.47 Å². The highest BCUT2D eigenvalue weighted by atomic mass is 19.1. The van der Waals surface area contributed by atoms with Crippen LogP contribution in [0.2, 0.25) is 0 Å². The third-order valence-electron chi connectivity index (χ3n) is 4.43. The molecule has 2 aromatic rings. The van der Waals surface area contributed by atoms with E-state index in [1.807, 2.05) is 13.8 Å². The Labute approximate surface area is 161 Å². The first-order chi connectivity index (χ1) is 13.4. The van der Waals surface area contributed by atoms with E-state index in [9.17, 15) is 17.6 Å². The summed E-state index contributed by atoms with van der Waals surface area (Å²) in [6.45, 7) is 4.82. The minimum atomic E-state index is -1.01. The third kappa shape index (κ3) is 4.47. The monoisotopic (exact) mass is 398 g/mol. The zero-order chi connectivity index (χ0) is 20.3. The van der Waals surface area contributed by atoms with Crippen LogP contribution in [0.25, 0.3) is 11.1 Å². The molecule has 0 aliphatic carbocycles.